The number of nitrogens with one attached hydrogen (secondary N) is 1. The smallest absolute Gasteiger partial charge is 0.244 e. The molecule has 1 aliphatic carbocycles. The van der Waals surface area contributed by atoms with Gasteiger partial charge in [0, 0.05) is 11.8 Å². The average Bonchev–Trinajstić information content (AvgIpc) is 2.99. The van der Waals surface area contributed by atoms with Gasteiger partial charge in [0.25, 0.3) is 0 Å². The molecular formula is C17H22N2OS. The molecule has 0 aromatic heterocycles. The second-order valence-corrected chi connectivity index (χ2v) is 7.99. The van der Waals surface area contributed by atoms with Crippen molar-refractivity contribution >= 4 is 17.7 Å². The molecule has 3 fully saturated rings. The van der Waals surface area contributed by atoms with E-state index in [4.69, 9.17) is 0 Å². The first-order valence-electron chi connectivity index (χ1n) is 7.95. The Morgan fingerprint density at radius 3 is 2.86 bits per heavy atom. The van der Waals surface area contributed by atoms with Crippen molar-refractivity contribution in [3.63, 3.8) is 0 Å². The van der Waals surface area contributed by atoms with Crippen molar-refractivity contribution in [1.82, 2.24) is 10.2 Å². The molecular weight excluding hydrogens is 280 g/mol. The normalized spacial score (nSPS) is 30.3. The van der Waals surface area contributed by atoms with Crippen LogP contribution in [0.25, 0.3) is 0 Å². The molecule has 1 aromatic carbocycles. The van der Waals surface area contributed by atoms with E-state index in [1.54, 1.807) is 0 Å². The minimum absolute atomic E-state index is 0.0717. The van der Waals surface area contributed by atoms with Gasteiger partial charge in [-0.2, -0.15) is 11.8 Å². The van der Waals surface area contributed by atoms with Crippen LogP contribution in [0.15, 0.2) is 24.3 Å². The average molecular weight is 302 g/mol. The molecule has 1 N–H and O–H groups in total. The van der Waals surface area contributed by atoms with E-state index in [-0.39, 0.29) is 11.7 Å². The number of thioether (sulfide) groups is 1. The Bertz CT molecular complexity index is 564. The van der Waals surface area contributed by atoms with Crippen LogP contribution < -0.4 is 5.32 Å². The molecule has 2 unspecified atom stereocenters. The Morgan fingerprint density at radius 1 is 1.38 bits per heavy atom. The number of aryl methyl sites for hydroxylation is 1. The summed E-state index contributed by atoms with van der Waals surface area (Å²) in [5.41, 5.74) is 2.30. The number of rotatable bonds is 3. The number of nitrogens with zero attached hydrogens (tertiary/aromatic N) is 1. The van der Waals surface area contributed by atoms with Crippen molar-refractivity contribution in [2.45, 2.75) is 49.6 Å². The fourth-order valence-corrected chi connectivity index (χ4v) is 4.88. The van der Waals surface area contributed by atoms with E-state index in [0.717, 1.165) is 19.4 Å². The van der Waals surface area contributed by atoms with E-state index in [9.17, 15) is 4.79 Å². The van der Waals surface area contributed by atoms with Gasteiger partial charge in [-0.05, 0) is 49.5 Å². The summed E-state index contributed by atoms with van der Waals surface area (Å²) in [5.74, 6) is 1.59. The summed E-state index contributed by atoms with van der Waals surface area (Å²) < 4.78 is 0. The monoisotopic (exact) mass is 302 g/mol. The third-order valence-corrected chi connectivity index (χ3v) is 6.43. The van der Waals surface area contributed by atoms with Gasteiger partial charge in [0.2, 0.25) is 5.91 Å². The number of amides is 1. The number of carbonyl (C=O) groups is 1. The van der Waals surface area contributed by atoms with Crippen molar-refractivity contribution in [1.29, 1.82) is 0 Å². The molecule has 1 spiro atoms. The molecule has 4 rings (SSSR count). The second kappa shape index (κ2) is 5.03. The summed E-state index contributed by atoms with van der Waals surface area (Å²) >= 11 is 2.03. The van der Waals surface area contributed by atoms with Gasteiger partial charge in [0.1, 0.15) is 11.7 Å². The Hall–Kier alpha value is -1.00. The Morgan fingerprint density at radius 2 is 2.19 bits per heavy atom. The number of benzene rings is 1. The number of carbonyl (C=O) groups excluding carboxylic acids is 1. The molecule has 4 heteroatoms. The van der Waals surface area contributed by atoms with Gasteiger partial charge >= 0.3 is 0 Å². The zero-order valence-electron chi connectivity index (χ0n) is 12.5. The SMILES string of the molecule is Cc1ccccc1C1NC2(CC2)C(=O)N1CC1CCCS1. The highest BCUT2D eigenvalue weighted by Gasteiger charge is 2.59. The molecule has 3 nitrogen and oxygen atoms in total. The van der Waals surface area contributed by atoms with Crippen molar-refractivity contribution in [2.24, 2.45) is 0 Å². The highest BCUT2D eigenvalue weighted by atomic mass is 32.2. The molecule has 112 valence electrons. The minimum Gasteiger partial charge on any atom is -0.320 e. The van der Waals surface area contributed by atoms with Gasteiger partial charge in [-0.3, -0.25) is 10.1 Å². The van der Waals surface area contributed by atoms with Gasteiger partial charge in [0.05, 0.1) is 0 Å². The van der Waals surface area contributed by atoms with Crippen LogP contribution >= 0.6 is 11.8 Å². The van der Waals surface area contributed by atoms with E-state index in [2.05, 4.69) is 41.4 Å². The molecule has 21 heavy (non-hydrogen) atoms. The van der Waals surface area contributed by atoms with Crippen LogP contribution in [0.1, 0.15) is 43.0 Å². The first-order valence-corrected chi connectivity index (χ1v) is 9.00. The Kier molecular flexibility index (Phi) is 3.27. The minimum atomic E-state index is -0.226. The maximum absolute atomic E-state index is 12.8. The van der Waals surface area contributed by atoms with Gasteiger partial charge in [-0.1, -0.05) is 24.3 Å². The maximum Gasteiger partial charge on any atom is 0.244 e. The molecule has 3 aliphatic rings. The zero-order chi connectivity index (χ0) is 14.4. The lowest BCUT2D eigenvalue weighted by Crippen LogP contribution is -2.36. The lowest BCUT2D eigenvalue weighted by Gasteiger charge is -2.28. The molecule has 2 atom stereocenters. The van der Waals surface area contributed by atoms with Crippen LogP contribution in [-0.4, -0.2) is 33.9 Å². The quantitative estimate of drug-likeness (QED) is 0.932. The maximum atomic E-state index is 12.8. The molecule has 1 saturated carbocycles. The van der Waals surface area contributed by atoms with Gasteiger partial charge in [-0.15, -0.1) is 0 Å². The summed E-state index contributed by atoms with van der Waals surface area (Å²) in [6, 6.07) is 8.45. The standard InChI is InChI=1S/C17H22N2OS/c1-12-5-2-3-7-14(12)15-18-17(8-9-17)16(20)19(15)11-13-6-4-10-21-13/h2-3,5,7,13,15,18H,4,6,8-11H2,1H3. The summed E-state index contributed by atoms with van der Waals surface area (Å²) in [7, 11) is 0. The van der Waals surface area contributed by atoms with Crippen LogP contribution in [-0.2, 0) is 4.79 Å². The molecule has 2 heterocycles. The summed E-state index contributed by atoms with van der Waals surface area (Å²) in [6.45, 7) is 3.04. The second-order valence-electron chi connectivity index (χ2n) is 6.58. The van der Waals surface area contributed by atoms with E-state index < -0.39 is 0 Å². The zero-order valence-corrected chi connectivity index (χ0v) is 13.3. The lowest BCUT2D eigenvalue weighted by atomic mass is 10.1. The predicted octanol–water partition coefficient (Wildman–Crippen LogP) is 2.85. The van der Waals surface area contributed by atoms with Crippen LogP contribution in [0.5, 0.6) is 0 Å². The Balaban J connectivity index is 1.63. The highest BCUT2D eigenvalue weighted by Crippen LogP contribution is 2.47. The van der Waals surface area contributed by atoms with Crippen LogP contribution in [0.3, 0.4) is 0 Å². The van der Waals surface area contributed by atoms with E-state index in [1.165, 1.54) is 29.7 Å². The van der Waals surface area contributed by atoms with Crippen LogP contribution in [0, 0.1) is 6.92 Å². The molecule has 0 bridgehead atoms. The first kappa shape index (κ1) is 13.6. The van der Waals surface area contributed by atoms with Crippen molar-refractivity contribution in [3.8, 4) is 0 Å². The predicted molar refractivity (Wildman–Crippen MR) is 86.2 cm³/mol. The third-order valence-electron chi connectivity index (χ3n) is 5.05. The summed E-state index contributed by atoms with van der Waals surface area (Å²) in [5, 5.41) is 4.26. The lowest BCUT2D eigenvalue weighted by molar-refractivity contribution is -0.130. The Labute approximate surface area is 130 Å². The van der Waals surface area contributed by atoms with E-state index in [0.29, 0.717) is 11.2 Å². The fraction of sp³-hybridized carbons (Fsp3) is 0.588. The van der Waals surface area contributed by atoms with Gasteiger partial charge in [-0.25, -0.2) is 0 Å². The topological polar surface area (TPSA) is 32.3 Å². The van der Waals surface area contributed by atoms with Crippen molar-refractivity contribution in [2.75, 3.05) is 12.3 Å². The molecule has 1 amide bonds. The fourth-order valence-electron chi connectivity index (χ4n) is 3.61. The first-order chi connectivity index (χ1) is 10.2. The highest BCUT2D eigenvalue weighted by molar-refractivity contribution is 8.00. The molecule has 2 saturated heterocycles. The van der Waals surface area contributed by atoms with Gasteiger partial charge in [0.15, 0.2) is 0 Å². The number of hydrogen-bond donors (Lipinski definition) is 1. The molecule has 1 aromatic rings. The third kappa shape index (κ3) is 2.29. The van der Waals surface area contributed by atoms with Crippen LogP contribution in [0.4, 0.5) is 0 Å². The largest absolute Gasteiger partial charge is 0.320 e. The van der Waals surface area contributed by atoms with E-state index in [1.807, 2.05) is 11.8 Å². The van der Waals surface area contributed by atoms with Gasteiger partial charge < -0.3 is 4.90 Å². The van der Waals surface area contributed by atoms with Crippen molar-refractivity contribution in [3.05, 3.63) is 35.4 Å². The molecule has 2 aliphatic heterocycles. The van der Waals surface area contributed by atoms with Crippen LogP contribution in [0.2, 0.25) is 0 Å². The van der Waals surface area contributed by atoms with E-state index >= 15 is 0 Å². The molecule has 0 radical (unpaired) electrons. The summed E-state index contributed by atoms with van der Waals surface area (Å²) in [4.78, 5) is 14.9. The number of hydrogen-bond acceptors (Lipinski definition) is 3. The van der Waals surface area contributed by atoms with Crippen molar-refractivity contribution < 1.29 is 4.79 Å². The summed E-state index contributed by atoms with van der Waals surface area (Å²) in [6.07, 6.45) is 4.63.